The van der Waals surface area contributed by atoms with Gasteiger partial charge in [0.15, 0.2) is 0 Å². The van der Waals surface area contributed by atoms with E-state index in [0.29, 0.717) is 5.82 Å². The molecule has 0 aliphatic heterocycles. The number of hydrogen-bond acceptors (Lipinski definition) is 2. The second kappa shape index (κ2) is 3.73. The van der Waals surface area contributed by atoms with Crippen LogP contribution >= 0.6 is 0 Å². The van der Waals surface area contributed by atoms with Crippen LogP contribution in [-0.4, -0.2) is 9.55 Å². The number of nitrogens with zero attached hydrogens (tertiary/aromatic N) is 2. The van der Waals surface area contributed by atoms with Crippen LogP contribution in [0.2, 0.25) is 0 Å². The predicted octanol–water partition coefficient (Wildman–Crippen LogP) is 3.18. The molecule has 92 valence electrons. The summed E-state index contributed by atoms with van der Waals surface area (Å²) < 4.78 is 2.22. The number of anilines is 1. The highest BCUT2D eigenvalue weighted by Crippen LogP contribution is 2.31. The minimum atomic E-state index is 0.605. The molecular formula is C15H17N3. The Kier molecular flexibility index (Phi) is 2.30. The van der Waals surface area contributed by atoms with Gasteiger partial charge in [0, 0.05) is 23.3 Å². The number of nitrogens with two attached hydrogens (primary N) is 1. The van der Waals surface area contributed by atoms with Crippen molar-refractivity contribution in [3.8, 4) is 0 Å². The lowest BCUT2D eigenvalue weighted by molar-refractivity contribution is 0.970. The summed E-state index contributed by atoms with van der Waals surface area (Å²) in [5.74, 6) is 0.605. The average molecular weight is 239 g/mol. The maximum atomic E-state index is 5.92. The number of fused-ring (bicyclic) bond motifs is 3. The van der Waals surface area contributed by atoms with Crippen molar-refractivity contribution in [3.05, 3.63) is 35.5 Å². The third kappa shape index (κ3) is 1.40. The fraction of sp³-hybridized carbons (Fsp3) is 0.267. The van der Waals surface area contributed by atoms with Crippen LogP contribution in [0.15, 0.2) is 24.3 Å². The molecule has 0 aliphatic rings. The number of hydrogen-bond donors (Lipinski definition) is 1. The monoisotopic (exact) mass is 239 g/mol. The van der Waals surface area contributed by atoms with E-state index in [2.05, 4.69) is 48.6 Å². The van der Waals surface area contributed by atoms with Gasteiger partial charge in [-0.05, 0) is 31.5 Å². The van der Waals surface area contributed by atoms with Crippen LogP contribution in [0.25, 0.3) is 21.8 Å². The Morgan fingerprint density at radius 3 is 2.72 bits per heavy atom. The van der Waals surface area contributed by atoms with Crippen molar-refractivity contribution < 1.29 is 0 Å². The second-order valence-electron chi connectivity index (χ2n) is 4.82. The molecule has 3 rings (SSSR count). The summed E-state index contributed by atoms with van der Waals surface area (Å²) in [5.41, 5.74) is 10.7. The zero-order chi connectivity index (χ0) is 12.9. The first kappa shape index (κ1) is 11.1. The molecule has 2 N–H and O–H groups in total. The Morgan fingerprint density at radius 1 is 1.22 bits per heavy atom. The Hall–Kier alpha value is -2.03. The van der Waals surface area contributed by atoms with Crippen LogP contribution in [0, 0.1) is 6.92 Å². The quantitative estimate of drug-likeness (QED) is 0.708. The maximum Gasteiger partial charge on any atom is 0.124 e. The highest BCUT2D eigenvalue weighted by Gasteiger charge is 2.13. The summed E-state index contributed by atoms with van der Waals surface area (Å²) in [6.45, 7) is 4.23. The first-order chi connectivity index (χ1) is 8.61. The van der Waals surface area contributed by atoms with Crippen molar-refractivity contribution >= 4 is 27.6 Å². The molecule has 0 saturated heterocycles. The van der Waals surface area contributed by atoms with Crippen LogP contribution < -0.4 is 5.73 Å². The largest absolute Gasteiger partial charge is 0.384 e. The lowest BCUT2D eigenvalue weighted by Gasteiger charge is -2.04. The molecule has 0 fully saturated rings. The van der Waals surface area contributed by atoms with Gasteiger partial charge < -0.3 is 10.3 Å². The number of aryl methyl sites for hydroxylation is 3. The van der Waals surface area contributed by atoms with Gasteiger partial charge in [0.25, 0.3) is 0 Å². The van der Waals surface area contributed by atoms with Crippen molar-refractivity contribution in [1.29, 1.82) is 0 Å². The molecule has 18 heavy (non-hydrogen) atoms. The Bertz CT molecular complexity index is 753. The van der Waals surface area contributed by atoms with Crippen LogP contribution in [-0.2, 0) is 13.5 Å². The molecule has 0 saturated carbocycles. The summed E-state index contributed by atoms with van der Waals surface area (Å²) >= 11 is 0. The molecule has 0 radical (unpaired) electrons. The van der Waals surface area contributed by atoms with Gasteiger partial charge in [0.2, 0.25) is 0 Å². The first-order valence-corrected chi connectivity index (χ1v) is 6.26. The molecule has 1 aromatic carbocycles. The Balaban J connectivity index is 2.59. The van der Waals surface area contributed by atoms with Crippen LogP contribution in [0.3, 0.4) is 0 Å². The predicted molar refractivity (Wildman–Crippen MR) is 76.7 cm³/mol. The summed E-state index contributed by atoms with van der Waals surface area (Å²) in [4.78, 5) is 4.46. The Morgan fingerprint density at radius 2 is 2.00 bits per heavy atom. The van der Waals surface area contributed by atoms with E-state index in [-0.39, 0.29) is 0 Å². The van der Waals surface area contributed by atoms with Gasteiger partial charge in [-0.3, -0.25) is 0 Å². The van der Waals surface area contributed by atoms with Gasteiger partial charge in [-0.25, -0.2) is 4.98 Å². The van der Waals surface area contributed by atoms with Crippen LogP contribution in [0.5, 0.6) is 0 Å². The minimum absolute atomic E-state index is 0.605. The third-order valence-corrected chi connectivity index (χ3v) is 3.56. The van der Waals surface area contributed by atoms with Crippen molar-refractivity contribution in [2.24, 2.45) is 7.05 Å². The molecule has 3 heteroatoms. The van der Waals surface area contributed by atoms with Crippen molar-refractivity contribution in [1.82, 2.24) is 9.55 Å². The summed E-state index contributed by atoms with van der Waals surface area (Å²) in [6.07, 6.45) is 0.894. The van der Waals surface area contributed by atoms with Gasteiger partial charge in [0.1, 0.15) is 5.82 Å². The highest BCUT2D eigenvalue weighted by atomic mass is 15.0. The topological polar surface area (TPSA) is 43.8 Å². The normalized spacial score (nSPS) is 11.5. The van der Waals surface area contributed by atoms with E-state index in [1.54, 1.807) is 0 Å². The molecular weight excluding hydrogens is 222 g/mol. The molecule has 0 bridgehead atoms. The summed E-state index contributed by atoms with van der Waals surface area (Å²) in [6, 6.07) is 8.51. The SMILES string of the molecule is CCc1nc(N)cc2c3cc(C)ccc3n(C)c12. The molecule has 2 heterocycles. The molecule has 2 aromatic heterocycles. The molecule has 0 unspecified atom stereocenters. The zero-order valence-corrected chi connectivity index (χ0v) is 11.0. The molecule has 3 aromatic rings. The summed E-state index contributed by atoms with van der Waals surface area (Å²) in [7, 11) is 2.09. The lowest BCUT2D eigenvalue weighted by Crippen LogP contribution is -1.98. The fourth-order valence-corrected chi connectivity index (χ4v) is 2.72. The van der Waals surface area contributed by atoms with E-state index in [9.17, 15) is 0 Å². The number of rotatable bonds is 1. The number of benzene rings is 1. The van der Waals surface area contributed by atoms with E-state index in [0.717, 1.165) is 12.1 Å². The average Bonchev–Trinajstić information content (AvgIpc) is 2.62. The number of pyridine rings is 1. The van der Waals surface area contributed by atoms with E-state index in [4.69, 9.17) is 5.73 Å². The Labute approximate surface area is 106 Å². The van der Waals surface area contributed by atoms with Crippen molar-refractivity contribution in [3.63, 3.8) is 0 Å². The standard InChI is InChI=1S/C15H17N3/c1-4-12-15-11(8-14(16)17-12)10-7-9(2)5-6-13(10)18(15)3/h5-8H,4H2,1-3H3,(H2,16,17). The third-order valence-electron chi connectivity index (χ3n) is 3.56. The van der Waals surface area contributed by atoms with E-state index in [1.807, 2.05) is 6.07 Å². The number of aromatic nitrogens is 2. The smallest absolute Gasteiger partial charge is 0.124 e. The van der Waals surface area contributed by atoms with Gasteiger partial charge in [0.05, 0.1) is 11.2 Å². The first-order valence-electron chi connectivity index (χ1n) is 6.26. The maximum absolute atomic E-state index is 5.92. The van der Waals surface area contributed by atoms with E-state index >= 15 is 0 Å². The fourth-order valence-electron chi connectivity index (χ4n) is 2.72. The minimum Gasteiger partial charge on any atom is -0.384 e. The van der Waals surface area contributed by atoms with Crippen molar-refractivity contribution in [2.45, 2.75) is 20.3 Å². The zero-order valence-electron chi connectivity index (χ0n) is 11.0. The lowest BCUT2D eigenvalue weighted by atomic mass is 10.1. The van der Waals surface area contributed by atoms with E-state index < -0.39 is 0 Å². The van der Waals surface area contributed by atoms with Crippen LogP contribution in [0.1, 0.15) is 18.2 Å². The van der Waals surface area contributed by atoms with Gasteiger partial charge in [-0.2, -0.15) is 0 Å². The molecule has 0 amide bonds. The van der Waals surface area contributed by atoms with E-state index in [1.165, 1.54) is 27.4 Å². The molecule has 0 spiro atoms. The van der Waals surface area contributed by atoms with Gasteiger partial charge in [-0.15, -0.1) is 0 Å². The molecule has 0 aliphatic carbocycles. The van der Waals surface area contributed by atoms with Crippen LogP contribution in [0.4, 0.5) is 5.82 Å². The molecule has 3 nitrogen and oxygen atoms in total. The molecule has 0 atom stereocenters. The second-order valence-corrected chi connectivity index (χ2v) is 4.82. The summed E-state index contributed by atoms with van der Waals surface area (Å²) in [5, 5.41) is 2.47. The highest BCUT2D eigenvalue weighted by molar-refractivity contribution is 6.09. The number of nitrogen functional groups attached to an aromatic ring is 1. The van der Waals surface area contributed by atoms with Gasteiger partial charge in [-0.1, -0.05) is 18.6 Å². The van der Waals surface area contributed by atoms with Gasteiger partial charge >= 0.3 is 0 Å². The van der Waals surface area contributed by atoms with Crippen molar-refractivity contribution in [2.75, 3.05) is 5.73 Å².